The molecule has 0 aromatic rings. The van der Waals surface area contributed by atoms with Gasteiger partial charge in [0.15, 0.2) is 0 Å². The Kier molecular flexibility index (Phi) is 5.01. The first kappa shape index (κ1) is 14.5. The van der Waals surface area contributed by atoms with Crippen LogP contribution >= 0.6 is 0 Å². The minimum Gasteiger partial charge on any atom is -0.314 e. The van der Waals surface area contributed by atoms with E-state index in [2.05, 4.69) is 25.2 Å². The van der Waals surface area contributed by atoms with Crippen LogP contribution in [0.3, 0.4) is 0 Å². The van der Waals surface area contributed by atoms with E-state index in [-0.39, 0.29) is 5.41 Å². The molecule has 1 rings (SSSR count). The van der Waals surface area contributed by atoms with Gasteiger partial charge in [0.05, 0.1) is 11.5 Å². The summed E-state index contributed by atoms with van der Waals surface area (Å²) in [6, 6.07) is 3.08. The minimum atomic E-state index is -0.157. The van der Waals surface area contributed by atoms with E-state index >= 15 is 0 Å². The fraction of sp³-hybridized carbons (Fsp3) is 0.933. The molecule has 0 atom stereocenters. The predicted molar refractivity (Wildman–Crippen MR) is 72.7 cm³/mol. The van der Waals surface area contributed by atoms with Gasteiger partial charge >= 0.3 is 0 Å². The molecule has 0 unspecified atom stereocenters. The maximum atomic E-state index is 8.93. The van der Waals surface area contributed by atoms with E-state index in [1.165, 1.54) is 25.7 Å². The first-order chi connectivity index (χ1) is 7.85. The van der Waals surface area contributed by atoms with E-state index in [1.54, 1.807) is 0 Å². The van der Waals surface area contributed by atoms with Crippen LogP contribution in [0, 0.1) is 22.2 Å². The largest absolute Gasteiger partial charge is 0.314 e. The van der Waals surface area contributed by atoms with Crippen LogP contribution in [0.5, 0.6) is 0 Å². The molecular formula is C15H28N2. The van der Waals surface area contributed by atoms with Crippen LogP contribution in [0.25, 0.3) is 0 Å². The standard InChI is InChI=1S/C15H28N2/c1-14(2)9-6-13(7-10-14)17-11-5-8-15(3,4)12-16/h13,17H,5-11H2,1-4H3. The molecule has 2 heteroatoms. The molecule has 0 amide bonds. The number of hydrogen-bond donors (Lipinski definition) is 1. The molecule has 1 fully saturated rings. The van der Waals surface area contributed by atoms with Crippen LogP contribution in [0.1, 0.15) is 66.2 Å². The molecule has 0 aromatic carbocycles. The highest BCUT2D eigenvalue weighted by molar-refractivity contribution is 4.91. The lowest BCUT2D eigenvalue weighted by atomic mass is 9.75. The summed E-state index contributed by atoms with van der Waals surface area (Å²) in [4.78, 5) is 0. The maximum Gasteiger partial charge on any atom is 0.0683 e. The molecule has 17 heavy (non-hydrogen) atoms. The quantitative estimate of drug-likeness (QED) is 0.735. The number of nitriles is 1. The molecule has 0 bridgehead atoms. The summed E-state index contributed by atoms with van der Waals surface area (Å²) < 4.78 is 0. The molecule has 0 aliphatic heterocycles. The fourth-order valence-electron chi connectivity index (χ4n) is 2.50. The third kappa shape index (κ3) is 5.55. The summed E-state index contributed by atoms with van der Waals surface area (Å²) in [5.41, 5.74) is 0.400. The van der Waals surface area contributed by atoms with E-state index in [9.17, 15) is 0 Å². The van der Waals surface area contributed by atoms with Crippen molar-refractivity contribution < 1.29 is 0 Å². The third-order valence-corrected chi connectivity index (χ3v) is 4.05. The van der Waals surface area contributed by atoms with Crippen molar-refractivity contribution >= 4 is 0 Å². The summed E-state index contributed by atoms with van der Waals surface area (Å²) in [6.07, 6.45) is 7.42. The molecule has 0 radical (unpaired) electrons. The lowest BCUT2D eigenvalue weighted by molar-refractivity contribution is 0.205. The smallest absolute Gasteiger partial charge is 0.0683 e. The van der Waals surface area contributed by atoms with Crippen LogP contribution in [-0.2, 0) is 0 Å². The van der Waals surface area contributed by atoms with Crippen molar-refractivity contribution in [1.82, 2.24) is 5.32 Å². The Bertz CT molecular complexity index is 263. The highest BCUT2D eigenvalue weighted by Crippen LogP contribution is 2.35. The van der Waals surface area contributed by atoms with Crippen molar-refractivity contribution in [1.29, 1.82) is 5.26 Å². The Labute approximate surface area is 107 Å². The summed E-state index contributed by atoms with van der Waals surface area (Å²) in [5.74, 6) is 0. The Morgan fingerprint density at radius 3 is 2.41 bits per heavy atom. The van der Waals surface area contributed by atoms with Gasteiger partial charge < -0.3 is 5.32 Å². The van der Waals surface area contributed by atoms with Crippen molar-refractivity contribution in [2.24, 2.45) is 10.8 Å². The van der Waals surface area contributed by atoms with Gasteiger partial charge in [0.2, 0.25) is 0 Å². The van der Waals surface area contributed by atoms with E-state index in [1.807, 2.05) is 13.8 Å². The summed E-state index contributed by atoms with van der Waals surface area (Å²) in [5, 5.41) is 12.6. The zero-order valence-corrected chi connectivity index (χ0v) is 12.0. The van der Waals surface area contributed by atoms with Crippen molar-refractivity contribution in [3.63, 3.8) is 0 Å². The Morgan fingerprint density at radius 2 is 1.88 bits per heavy atom. The molecule has 1 aliphatic carbocycles. The lowest BCUT2D eigenvalue weighted by Gasteiger charge is -2.34. The summed E-state index contributed by atoms with van der Waals surface area (Å²) >= 11 is 0. The van der Waals surface area contributed by atoms with Crippen LogP contribution < -0.4 is 5.32 Å². The normalized spacial score (nSPS) is 21.1. The van der Waals surface area contributed by atoms with E-state index in [4.69, 9.17) is 5.26 Å². The maximum absolute atomic E-state index is 8.93. The molecule has 98 valence electrons. The number of nitrogens with zero attached hydrogens (tertiary/aromatic N) is 1. The zero-order chi connectivity index (χ0) is 12.9. The average molecular weight is 236 g/mol. The third-order valence-electron chi connectivity index (χ3n) is 4.05. The van der Waals surface area contributed by atoms with Gasteiger partial charge in [-0.05, 0) is 64.3 Å². The van der Waals surface area contributed by atoms with Crippen molar-refractivity contribution in [3.05, 3.63) is 0 Å². The topological polar surface area (TPSA) is 35.8 Å². The highest BCUT2D eigenvalue weighted by Gasteiger charge is 2.26. The second kappa shape index (κ2) is 5.87. The van der Waals surface area contributed by atoms with Crippen molar-refractivity contribution in [2.45, 2.75) is 72.3 Å². The molecular weight excluding hydrogens is 208 g/mol. The zero-order valence-electron chi connectivity index (χ0n) is 12.0. The van der Waals surface area contributed by atoms with Crippen molar-refractivity contribution in [3.8, 4) is 6.07 Å². The first-order valence-corrected chi connectivity index (χ1v) is 6.99. The lowest BCUT2D eigenvalue weighted by Crippen LogP contribution is -2.36. The van der Waals surface area contributed by atoms with Gasteiger partial charge in [-0.1, -0.05) is 13.8 Å². The predicted octanol–water partition coefficient (Wildman–Crippen LogP) is 3.87. The monoisotopic (exact) mass is 236 g/mol. The van der Waals surface area contributed by atoms with Gasteiger partial charge in [0.1, 0.15) is 0 Å². The van der Waals surface area contributed by atoms with Gasteiger partial charge in [-0.3, -0.25) is 0 Å². The Hall–Kier alpha value is -0.550. The van der Waals surface area contributed by atoms with Gasteiger partial charge in [-0.25, -0.2) is 0 Å². The summed E-state index contributed by atoms with van der Waals surface area (Å²) in [6.45, 7) is 9.86. The molecule has 1 aliphatic rings. The van der Waals surface area contributed by atoms with Gasteiger partial charge in [0, 0.05) is 6.04 Å². The van der Waals surface area contributed by atoms with Crippen molar-refractivity contribution in [2.75, 3.05) is 6.54 Å². The van der Waals surface area contributed by atoms with Crippen LogP contribution in [0.4, 0.5) is 0 Å². The molecule has 1 N–H and O–H groups in total. The molecule has 0 spiro atoms. The number of hydrogen-bond acceptors (Lipinski definition) is 2. The first-order valence-electron chi connectivity index (χ1n) is 6.99. The average Bonchev–Trinajstić information content (AvgIpc) is 2.26. The van der Waals surface area contributed by atoms with Crippen LogP contribution in [0.2, 0.25) is 0 Å². The molecule has 0 heterocycles. The number of rotatable bonds is 5. The fourth-order valence-corrected chi connectivity index (χ4v) is 2.50. The van der Waals surface area contributed by atoms with Gasteiger partial charge in [0.25, 0.3) is 0 Å². The highest BCUT2D eigenvalue weighted by atomic mass is 14.9. The SMILES string of the molecule is CC(C)(C#N)CCCNC1CCC(C)(C)CC1. The Morgan fingerprint density at radius 1 is 1.29 bits per heavy atom. The van der Waals surface area contributed by atoms with E-state index < -0.39 is 0 Å². The second-order valence-corrected chi connectivity index (χ2v) is 6.99. The minimum absolute atomic E-state index is 0.157. The Balaban J connectivity index is 2.11. The number of nitrogens with one attached hydrogen (secondary N) is 1. The summed E-state index contributed by atoms with van der Waals surface area (Å²) in [7, 11) is 0. The second-order valence-electron chi connectivity index (χ2n) is 6.99. The van der Waals surface area contributed by atoms with Crippen LogP contribution in [0.15, 0.2) is 0 Å². The van der Waals surface area contributed by atoms with E-state index in [0.29, 0.717) is 11.5 Å². The molecule has 0 saturated heterocycles. The molecule has 2 nitrogen and oxygen atoms in total. The van der Waals surface area contributed by atoms with Crippen LogP contribution in [-0.4, -0.2) is 12.6 Å². The molecule has 0 aromatic heterocycles. The van der Waals surface area contributed by atoms with Gasteiger partial charge in [-0.15, -0.1) is 0 Å². The molecule has 1 saturated carbocycles. The van der Waals surface area contributed by atoms with Gasteiger partial charge in [-0.2, -0.15) is 5.26 Å². The van der Waals surface area contributed by atoms with E-state index in [0.717, 1.165) is 19.4 Å².